The van der Waals surface area contributed by atoms with Gasteiger partial charge in [-0.15, -0.1) is 0 Å². The normalized spacial score (nSPS) is 12.1. The lowest BCUT2D eigenvalue weighted by Crippen LogP contribution is -2.74. The summed E-state index contributed by atoms with van der Waals surface area (Å²) in [5, 5.41) is 20.4. The zero-order valence-corrected chi connectivity index (χ0v) is 45.8. The van der Waals surface area contributed by atoms with Gasteiger partial charge in [0.1, 0.15) is 0 Å². The summed E-state index contributed by atoms with van der Waals surface area (Å²) in [6.45, 7) is 0. The van der Waals surface area contributed by atoms with E-state index in [1.54, 1.807) is 0 Å². The Morgan fingerprint density at radius 2 is 0.573 bits per heavy atom. The van der Waals surface area contributed by atoms with E-state index in [0.717, 1.165) is 28.1 Å². The number of aromatic nitrogens is 3. The van der Waals surface area contributed by atoms with Gasteiger partial charge in [0.05, 0.1) is 33.1 Å². The van der Waals surface area contributed by atoms with Crippen molar-refractivity contribution >= 4 is 127 Å². The predicted octanol–water partition coefficient (Wildman–Crippen LogP) is 17.5. The third-order valence-electron chi connectivity index (χ3n) is 17.7. The molecule has 3 nitrogen and oxygen atoms in total. The summed E-state index contributed by atoms with van der Waals surface area (Å²) in [4.78, 5) is 0. The average molecular weight is 1060 g/mol. The van der Waals surface area contributed by atoms with Gasteiger partial charge in [-0.25, -0.2) is 0 Å². The molecule has 0 radical (unpaired) electrons. The maximum atomic E-state index is 2.57. The predicted molar refractivity (Wildman–Crippen MR) is 351 cm³/mol. The summed E-state index contributed by atoms with van der Waals surface area (Å²) in [6.07, 6.45) is 0. The zero-order valence-electron chi connectivity index (χ0n) is 44.8. The first-order chi connectivity index (χ1) is 40.7. The van der Waals surface area contributed by atoms with Gasteiger partial charge in [-0.1, -0.05) is 243 Å². The molecular formula is C78H51N3Si. The van der Waals surface area contributed by atoms with E-state index < -0.39 is 8.07 Å². The minimum atomic E-state index is -3.00. The van der Waals surface area contributed by atoms with Crippen LogP contribution < -0.4 is 20.7 Å². The number of fused-ring (bicyclic) bond motifs is 16. The highest BCUT2D eigenvalue weighted by atomic mass is 28.3. The van der Waals surface area contributed by atoms with Crippen LogP contribution in [0.1, 0.15) is 0 Å². The lowest BCUT2D eigenvalue weighted by atomic mass is 9.92. The Bertz CT molecular complexity index is 5250. The van der Waals surface area contributed by atoms with Crippen molar-refractivity contribution in [3.63, 3.8) is 0 Å². The van der Waals surface area contributed by atoms with Gasteiger partial charge in [0.25, 0.3) is 0 Å². The summed E-state index contributed by atoms with van der Waals surface area (Å²) in [7, 11) is -3.00. The van der Waals surface area contributed by atoms with E-state index in [0.29, 0.717) is 0 Å². The third kappa shape index (κ3) is 6.76. The average Bonchev–Trinajstić information content (AvgIpc) is 2.57. The molecule has 17 rings (SSSR count). The van der Waals surface area contributed by atoms with Crippen LogP contribution in [-0.2, 0) is 0 Å². The number of hydrogen-bond acceptors (Lipinski definition) is 0. The zero-order chi connectivity index (χ0) is 53.9. The van der Waals surface area contributed by atoms with Crippen LogP contribution in [0.4, 0.5) is 0 Å². The van der Waals surface area contributed by atoms with Crippen molar-refractivity contribution in [2.45, 2.75) is 0 Å². The van der Waals surface area contributed by atoms with Gasteiger partial charge in [-0.2, -0.15) is 0 Å². The molecule has 0 unspecified atom stereocenters. The molecule has 0 saturated heterocycles. The summed E-state index contributed by atoms with van der Waals surface area (Å²) >= 11 is 0. The van der Waals surface area contributed by atoms with Gasteiger partial charge in [0.2, 0.25) is 0 Å². The number of rotatable bonds is 8. The molecule has 0 fully saturated rings. The van der Waals surface area contributed by atoms with Gasteiger partial charge in [-0.05, 0) is 126 Å². The lowest BCUT2D eigenvalue weighted by molar-refractivity contribution is 1.15. The van der Waals surface area contributed by atoms with Crippen LogP contribution >= 0.6 is 0 Å². The smallest absolute Gasteiger partial charge is 0.179 e. The van der Waals surface area contributed by atoms with E-state index in [9.17, 15) is 0 Å². The molecule has 3 aromatic heterocycles. The second kappa shape index (κ2) is 18.3. The van der Waals surface area contributed by atoms with Crippen molar-refractivity contribution in [2.24, 2.45) is 0 Å². The molecular weight excluding hydrogens is 1010 g/mol. The van der Waals surface area contributed by atoms with Crippen LogP contribution in [-0.4, -0.2) is 21.8 Å². The molecule has 3 heterocycles. The maximum absolute atomic E-state index is 3.00. The van der Waals surface area contributed by atoms with E-state index in [1.807, 2.05) is 0 Å². The summed E-state index contributed by atoms with van der Waals surface area (Å²) in [5.74, 6) is 0. The van der Waals surface area contributed by atoms with Gasteiger partial charge >= 0.3 is 0 Å². The van der Waals surface area contributed by atoms with Gasteiger partial charge in [0, 0.05) is 54.8 Å². The molecule has 14 aromatic carbocycles. The summed E-state index contributed by atoms with van der Waals surface area (Å²) in [6, 6.07) is 116. The molecule has 0 N–H and O–H groups in total. The molecule has 382 valence electrons. The minimum Gasteiger partial charge on any atom is -0.309 e. The highest BCUT2D eigenvalue weighted by Crippen LogP contribution is 2.45. The molecule has 4 heteroatoms. The monoisotopic (exact) mass is 1060 g/mol. The van der Waals surface area contributed by atoms with Crippen molar-refractivity contribution in [1.82, 2.24) is 13.7 Å². The van der Waals surface area contributed by atoms with E-state index in [1.165, 1.54) is 119 Å². The lowest BCUT2D eigenvalue weighted by Gasteiger charge is -2.35. The number of para-hydroxylation sites is 3. The molecule has 0 amide bonds. The molecule has 0 bridgehead atoms. The van der Waals surface area contributed by atoms with Crippen molar-refractivity contribution in [2.75, 3.05) is 0 Å². The van der Waals surface area contributed by atoms with Crippen LogP contribution in [0.2, 0.25) is 0 Å². The molecule has 17 aromatic rings. The number of hydrogen-bond donors (Lipinski definition) is 0. The highest BCUT2D eigenvalue weighted by molar-refractivity contribution is 7.20. The maximum Gasteiger partial charge on any atom is 0.179 e. The molecule has 0 spiro atoms. The van der Waals surface area contributed by atoms with E-state index >= 15 is 0 Å². The number of benzene rings is 14. The highest BCUT2D eigenvalue weighted by Gasteiger charge is 2.42. The van der Waals surface area contributed by atoms with E-state index in [4.69, 9.17) is 0 Å². The van der Waals surface area contributed by atoms with Crippen LogP contribution in [0.3, 0.4) is 0 Å². The van der Waals surface area contributed by atoms with Crippen LogP contribution in [0, 0.1) is 0 Å². The standard InChI is InChI=1S/C78H51N3Si/c1-4-21-52(22-5-1)53-39-43-59(44-40-53)82(57-24-6-2-7-25-57,58-26-8-3-9-27-58)60-28-20-23-54(49-60)81-75-48-46-68-63-31-11-10-29-61(63)62-30-12-13-35-67(62)77(68)78(75)69-45-41-56(51-76(69)81)80-73-38-19-16-34-66(73)70-50-55(42-47-74(70)80)79-71-36-17-14-32-64(71)65-33-15-18-37-72(65)79/h1-51H. The molecule has 0 aliphatic rings. The Labute approximate surface area is 475 Å². The van der Waals surface area contributed by atoms with Crippen molar-refractivity contribution in [1.29, 1.82) is 0 Å². The van der Waals surface area contributed by atoms with Crippen LogP contribution in [0.15, 0.2) is 309 Å². The van der Waals surface area contributed by atoms with Gasteiger partial charge < -0.3 is 13.7 Å². The fourth-order valence-corrected chi connectivity index (χ4v) is 19.0. The fourth-order valence-electron chi connectivity index (χ4n) is 14.3. The first kappa shape index (κ1) is 46.4. The molecule has 0 atom stereocenters. The van der Waals surface area contributed by atoms with Gasteiger partial charge in [-0.3, -0.25) is 0 Å². The van der Waals surface area contributed by atoms with Crippen molar-refractivity contribution in [3.8, 4) is 28.2 Å². The summed E-state index contributed by atoms with van der Waals surface area (Å²) < 4.78 is 7.49. The first-order valence-corrected chi connectivity index (χ1v) is 30.4. The summed E-state index contributed by atoms with van der Waals surface area (Å²) in [5.41, 5.74) is 12.9. The Morgan fingerprint density at radius 1 is 0.183 bits per heavy atom. The van der Waals surface area contributed by atoms with Gasteiger partial charge in [0.15, 0.2) is 8.07 Å². The Morgan fingerprint density at radius 3 is 1.18 bits per heavy atom. The molecule has 82 heavy (non-hydrogen) atoms. The van der Waals surface area contributed by atoms with Crippen LogP contribution in [0.5, 0.6) is 0 Å². The Hall–Kier alpha value is -10.5. The minimum absolute atomic E-state index is 1.11. The fraction of sp³-hybridized carbons (Fsp3) is 0. The van der Waals surface area contributed by atoms with Crippen LogP contribution in [0.25, 0.3) is 126 Å². The van der Waals surface area contributed by atoms with E-state index in [2.05, 4.69) is 323 Å². The van der Waals surface area contributed by atoms with Crippen molar-refractivity contribution < 1.29 is 0 Å². The third-order valence-corrected chi connectivity index (χ3v) is 22.5. The SMILES string of the molecule is c1ccc(-c2ccc([Si](c3ccccc3)(c3ccccc3)c3cccc(-n4c5cc(-n6c7ccccc7c7cc(-n8c9ccccc9c9ccccc98)ccc76)ccc5c5c6c7ccccc7c7ccccc7c6ccc54)c3)cc2)cc1. The quantitative estimate of drug-likeness (QED) is 0.0818. The first-order valence-electron chi connectivity index (χ1n) is 28.4. The van der Waals surface area contributed by atoms with E-state index in [-0.39, 0.29) is 0 Å². The second-order valence-electron chi connectivity index (χ2n) is 21.9. The molecule has 0 aliphatic carbocycles. The topological polar surface area (TPSA) is 14.8 Å². The molecule has 0 aliphatic heterocycles. The van der Waals surface area contributed by atoms with Crippen molar-refractivity contribution in [3.05, 3.63) is 309 Å². The Balaban J connectivity index is 0.947. The largest absolute Gasteiger partial charge is 0.309 e. The molecule has 0 saturated carbocycles. The Kier molecular flexibility index (Phi) is 10.3. The number of nitrogens with zero attached hydrogens (tertiary/aromatic N) is 3. The second-order valence-corrected chi connectivity index (χ2v) is 25.7.